The SMILES string of the molecule is CC(CCl)CS(=O)(=O)Nc1c(Br)cc(Br)cc1Br. The van der Waals surface area contributed by atoms with E-state index in [1.807, 2.05) is 0 Å². The van der Waals surface area contributed by atoms with Gasteiger partial charge in [0.15, 0.2) is 0 Å². The molecule has 1 aromatic carbocycles. The lowest BCUT2D eigenvalue weighted by Crippen LogP contribution is -2.22. The zero-order valence-corrected chi connectivity index (χ0v) is 15.7. The number of sulfonamides is 1. The zero-order valence-electron chi connectivity index (χ0n) is 9.38. The van der Waals surface area contributed by atoms with Crippen LogP contribution in [0.1, 0.15) is 6.92 Å². The van der Waals surface area contributed by atoms with Crippen molar-refractivity contribution in [3.63, 3.8) is 0 Å². The van der Waals surface area contributed by atoms with Crippen molar-refractivity contribution in [2.75, 3.05) is 16.4 Å². The minimum Gasteiger partial charge on any atom is -0.281 e. The van der Waals surface area contributed by atoms with E-state index in [1.54, 1.807) is 19.1 Å². The Labute approximate surface area is 137 Å². The van der Waals surface area contributed by atoms with Gasteiger partial charge in [0, 0.05) is 19.3 Å². The second kappa shape index (κ2) is 6.92. The summed E-state index contributed by atoms with van der Waals surface area (Å²) in [6, 6.07) is 3.54. The molecule has 0 saturated carbocycles. The Morgan fingerprint density at radius 3 is 2.22 bits per heavy atom. The zero-order chi connectivity index (χ0) is 13.9. The number of anilines is 1. The third-order valence-corrected chi connectivity index (χ3v) is 5.79. The molecule has 1 aromatic rings. The van der Waals surface area contributed by atoms with Gasteiger partial charge in [-0.25, -0.2) is 8.42 Å². The molecule has 102 valence electrons. The van der Waals surface area contributed by atoms with Gasteiger partial charge in [0.25, 0.3) is 0 Å². The molecular formula is C10H11Br3ClNO2S. The molecule has 0 spiro atoms. The molecule has 1 unspecified atom stereocenters. The Hall–Kier alpha value is 0.700. The molecule has 0 heterocycles. The standard InChI is InChI=1S/C10H11Br3ClNO2S/c1-6(4-14)5-18(16,17)15-10-8(12)2-7(11)3-9(10)13/h2-3,6,15H,4-5H2,1H3. The van der Waals surface area contributed by atoms with Crippen LogP contribution in [0.25, 0.3) is 0 Å². The van der Waals surface area contributed by atoms with E-state index in [0.717, 1.165) is 4.47 Å². The van der Waals surface area contributed by atoms with Crippen molar-refractivity contribution in [3.8, 4) is 0 Å². The van der Waals surface area contributed by atoms with Gasteiger partial charge < -0.3 is 0 Å². The summed E-state index contributed by atoms with van der Waals surface area (Å²) in [4.78, 5) is 0. The van der Waals surface area contributed by atoms with Crippen LogP contribution in [0, 0.1) is 5.92 Å². The first-order valence-electron chi connectivity index (χ1n) is 4.96. The van der Waals surface area contributed by atoms with Crippen LogP contribution in [0.4, 0.5) is 5.69 Å². The average molecular weight is 484 g/mol. The normalized spacial score (nSPS) is 13.4. The van der Waals surface area contributed by atoms with Gasteiger partial charge in [-0.2, -0.15) is 0 Å². The maximum Gasteiger partial charge on any atom is 0.233 e. The molecule has 3 nitrogen and oxygen atoms in total. The van der Waals surface area contributed by atoms with Crippen molar-refractivity contribution in [2.24, 2.45) is 5.92 Å². The van der Waals surface area contributed by atoms with Gasteiger partial charge in [0.1, 0.15) is 0 Å². The van der Waals surface area contributed by atoms with Crippen LogP contribution in [-0.2, 0) is 10.0 Å². The molecule has 0 aliphatic carbocycles. The predicted octanol–water partition coefficient (Wildman–Crippen LogP) is 4.59. The van der Waals surface area contributed by atoms with Crippen LogP contribution in [0.2, 0.25) is 0 Å². The summed E-state index contributed by atoms with van der Waals surface area (Å²) in [5.74, 6) is 0.201. The fraction of sp³-hybridized carbons (Fsp3) is 0.400. The highest BCUT2D eigenvalue weighted by atomic mass is 79.9. The van der Waals surface area contributed by atoms with Crippen LogP contribution >= 0.6 is 59.4 Å². The van der Waals surface area contributed by atoms with E-state index in [2.05, 4.69) is 52.5 Å². The minimum atomic E-state index is -3.41. The number of rotatable bonds is 5. The molecule has 0 saturated heterocycles. The minimum absolute atomic E-state index is 0.00849. The van der Waals surface area contributed by atoms with Crippen molar-refractivity contribution in [2.45, 2.75) is 6.92 Å². The van der Waals surface area contributed by atoms with Crippen LogP contribution in [0.15, 0.2) is 25.6 Å². The lowest BCUT2D eigenvalue weighted by Gasteiger charge is -2.14. The van der Waals surface area contributed by atoms with Crippen molar-refractivity contribution in [1.29, 1.82) is 0 Å². The molecule has 0 aliphatic heterocycles. The molecule has 0 radical (unpaired) electrons. The van der Waals surface area contributed by atoms with E-state index in [4.69, 9.17) is 11.6 Å². The molecule has 1 N–H and O–H groups in total. The van der Waals surface area contributed by atoms with Crippen LogP contribution in [-0.4, -0.2) is 20.1 Å². The molecule has 18 heavy (non-hydrogen) atoms. The summed E-state index contributed by atoms with van der Waals surface area (Å²) in [7, 11) is -3.41. The lowest BCUT2D eigenvalue weighted by atomic mass is 10.3. The van der Waals surface area contributed by atoms with Crippen molar-refractivity contribution in [3.05, 3.63) is 25.6 Å². The van der Waals surface area contributed by atoms with E-state index in [0.29, 0.717) is 20.5 Å². The van der Waals surface area contributed by atoms with E-state index in [-0.39, 0.29) is 11.7 Å². The fourth-order valence-electron chi connectivity index (χ4n) is 1.26. The molecule has 0 aliphatic rings. The topological polar surface area (TPSA) is 46.2 Å². The summed E-state index contributed by atoms with van der Waals surface area (Å²) in [5.41, 5.74) is 0.486. The molecular weight excluding hydrogens is 473 g/mol. The van der Waals surface area contributed by atoms with Gasteiger partial charge in [-0.3, -0.25) is 4.72 Å². The van der Waals surface area contributed by atoms with Crippen molar-refractivity contribution < 1.29 is 8.42 Å². The van der Waals surface area contributed by atoms with Crippen molar-refractivity contribution in [1.82, 2.24) is 0 Å². The van der Waals surface area contributed by atoms with Crippen LogP contribution in [0.5, 0.6) is 0 Å². The summed E-state index contributed by atoms with van der Waals surface area (Å²) in [6.07, 6.45) is 0. The molecule has 1 rings (SSSR count). The first-order chi connectivity index (χ1) is 8.25. The monoisotopic (exact) mass is 481 g/mol. The lowest BCUT2D eigenvalue weighted by molar-refractivity contribution is 0.588. The van der Waals surface area contributed by atoms with Gasteiger partial charge in [-0.15, -0.1) is 11.6 Å². The maximum absolute atomic E-state index is 11.9. The van der Waals surface area contributed by atoms with Crippen LogP contribution in [0.3, 0.4) is 0 Å². The maximum atomic E-state index is 11.9. The highest BCUT2D eigenvalue weighted by Gasteiger charge is 2.18. The molecule has 0 fully saturated rings. The number of halogens is 4. The summed E-state index contributed by atoms with van der Waals surface area (Å²) < 4.78 is 28.6. The number of hydrogen-bond acceptors (Lipinski definition) is 2. The second-order valence-electron chi connectivity index (χ2n) is 3.89. The Kier molecular flexibility index (Phi) is 6.44. The number of nitrogens with one attached hydrogen (secondary N) is 1. The largest absolute Gasteiger partial charge is 0.281 e. The Morgan fingerprint density at radius 1 is 1.28 bits per heavy atom. The van der Waals surface area contributed by atoms with E-state index < -0.39 is 10.0 Å². The third-order valence-electron chi connectivity index (χ3n) is 2.03. The first-order valence-corrected chi connectivity index (χ1v) is 9.52. The van der Waals surface area contributed by atoms with Gasteiger partial charge in [-0.05, 0) is 49.9 Å². The molecule has 8 heteroatoms. The van der Waals surface area contributed by atoms with E-state index >= 15 is 0 Å². The van der Waals surface area contributed by atoms with Gasteiger partial charge in [-0.1, -0.05) is 22.9 Å². The van der Waals surface area contributed by atoms with Gasteiger partial charge >= 0.3 is 0 Å². The highest BCUT2D eigenvalue weighted by molar-refractivity contribution is 9.11. The number of benzene rings is 1. The summed E-state index contributed by atoms with van der Waals surface area (Å²) in [6.45, 7) is 1.79. The average Bonchev–Trinajstić information content (AvgIpc) is 2.22. The van der Waals surface area contributed by atoms with Crippen LogP contribution < -0.4 is 4.72 Å². The third kappa shape index (κ3) is 5.00. The smallest absolute Gasteiger partial charge is 0.233 e. The molecule has 0 bridgehead atoms. The molecule has 0 aromatic heterocycles. The quantitative estimate of drug-likeness (QED) is 0.622. The highest BCUT2D eigenvalue weighted by Crippen LogP contribution is 2.35. The second-order valence-corrected chi connectivity index (χ2v) is 8.59. The van der Waals surface area contributed by atoms with E-state index in [9.17, 15) is 8.42 Å². The Morgan fingerprint density at radius 2 is 1.78 bits per heavy atom. The first kappa shape index (κ1) is 16.8. The summed E-state index contributed by atoms with van der Waals surface area (Å²) >= 11 is 15.6. The fourth-order valence-corrected chi connectivity index (χ4v) is 5.70. The Bertz CT molecular complexity index is 513. The predicted molar refractivity (Wildman–Crippen MR) is 86.8 cm³/mol. The number of hydrogen-bond donors (Lipinski definition) is 1. The van der Waals surface area contributed by atoms with Gasteiger partial charge in [0.2, 0.25) is 10.0 Å². The Balaban J connectivity index is 2.98. The molecule has 0 amide bonds. The van der Waals surface area contributed by atoms with Crippen molar-refractivity contribution >= 4 is 75.1 Å². The van der Waals surface area contributed by atoms with Gasteiger partial charge in [0.05, 0.1) is 11.4 Å². The molecule has 1 atom stereocenters. The number of alkyl halides is 1. The summed E-state index contributed by atoms with van der Waals surface area (Å²) in [5, 5.41) is 0. The van der Waals surface area contributed by atoms with E-state index in [1.165, 1.54) is 0 Å².